The molecule has 0 aliphatic carbocycles. The van der Waals surface area contributed by atoms with Crippen LogP contribution in [0.4, 0.5) is 5.69 Å². The summed E-state index contributed by atoms with van der Waals surface area (Å²) in [7, 11) is -4.82. The minimum Gasteiger partial charge on any atom is -0.497 e. The number of aliphatic hydroxyl groups excluding tert-OH is 1. The van der Waals surface area contributed by atoms with E-state index < -0.39 is 32.2 Å². The van der Waals surface area contributed by atoms with Gasteiger partial charge in [-0.15, -0.1) is 0 Å². The third kappa shape index (κ3) is 7.47. The van der Waals surface area contributed by atoms with E-state index in [1.165, 1.54) is 48.8 Å². The lowest BCUT2D eigenvalue weighted by atomic mass is 10.0. The first-order valence-electron chi connectivity index (χ1n) is 13.7. The summed E-state index contributed by atoms with van der Waals surface area (Å²) in [6.07, 6.45) is -0.803. The number of sulfonamides is 2. The van der Waals surface area contributed by atoms with Gasteiger partial charge in [-0.3, -0.25) is 9.52 Å². The number of nitrogens with zero attached hydrogens (tertiary/aromatic N) is 2. The van der Waals surface area contributed by atoms with Crippen LogP contribution in [0.5, 0.6) is 11.5 Å². The summed E-state index contributed by atoms with van der Waals surface area (Å²) in [5.74, 6) is 0.246. The normalized spacial score (nSPS) is 18.6. The molecule has 1 heterocycles. The van der Waals surface area contributed by atoms with Crippen molar-refractivity contribution in [3.05, 3.63) is 78.4 Å². The van der Waals surface area contributed by atoms with E-state index in [0.29, 0.717) is 17.1 Å². The Hall–Kier alpha value is -3.65. The molecule has 0 radical (unpaired) electrons. The van der Waals surface area contributed by atoms with Crippen molar-refractivity contribution in [2.45, 2.75) is 42.2 Å². The van der Waals surface area contributed by atoms with Gasteiger partial charge in [0.15, 0.2) is 0 Å². The van der Waals surface area contributed by atoms with Gasteiger partial charge in [0.05, 0.1) is 42.5 Å². The number of nitrogens with one attached hydrogen (secondary N) is 1. The molecule has 3 aromatic rings. The molecular formula is C30H37N3O8S2. The maximum Gasteiger partial charge on any atom is 0.261 e. The van der Waals surface area contributed by atoms with Gasteiger partial charge in [0.25, 0.3) is 10.0 Å². The lowest BCUT2D eigenvalue weighted by Crippen LogP contribution is -2.48. The van der Waals surface area contributed by atoms with Gasteiger partial charge in [0, 0.05) is 30.8 Å². The molecule has 43 heavy (non-hydrogen) atoms. The van der Waals surface area contributed by atoms with Crippen molar-refractivity contribution in [2.75, 3.05) is 38.6 Å². The second-order valence-corrected chi connectivity index (χ2v) is 14.3. The summed E-state index contributed by atoms with van der Waals surface area (Å²) < 4.78 is 68.0. The van der Waals surface area contributed by atoms with E-state index in [9.17, 15) is 26.7 Å². The zero-order chi connectivity index (χ0) is 31.4. The number of benzene rings is 3. The Morgan fingerprint density at radius 3 is 2.35 bits per heavy atom. The molecule has 1 aliphatic rings. The van der Waals surface area contributed by atoms with Gasteiger partial charge in [-0.25, -0.2) is 16.8 Å². The lowest BCUT2D eigenvalue weighted by molar-refractivity contribution is -0.134. The standard InChI is InChI=1S/C30H37N3O8S2/c1-21-18-33(22(2)20-34)30(35)17-23-16-24(31-42(36,37)26-8-6-5-7-9-26)10-15-28(23)41-29(21)19-32(3)43(38,39)27-13-11-25(40-4)12-14-27/h5-16,21-22,29,31,34H,17-20H2,1-4H3/t21-,22-,29+/m0/s1. The van der Waals surface area contributed by atoms with Crippen LogP contribution in [-0.4, -0.2) is 83.1 Å². The molecule has 0 bridgehead atoms. The summed E-state index contributed by atoms with van der Waals surface area (Å²) in [4.78, 5) is 15.2. The molecule has 2 N–H and O–H groups in total. The number of hydrogen-bond donors (Lipinski definition) is 2. The third-order valence-electron chi connectivity index (χ3n) is 7.43. The predicted molar refractivity (Wildman–Crippen MR) is 162 cm³/mol. The van der Waals surface area contributed by atoms with E-state index >= 15 is 0 Å². The minimum absolute atomic E-state index is 0.0348. The summed E-state index contributed by atoms with van der Waals surface area (Å²) in [5, 5.41) is 9.88. The second kappa shape index (κ2) is 13.3. The first-order chi connectivity index (χ1) is 20.3. The number of carbonyl (C=O) groups is 1. The average Bonchev–Trinajstić information content (AvgIpc) is 3.04. The Morgan fingerprint density at radius 2 is 1.72 bits per heavy atom. The van der Waals surface area contributed by atoms with Crippen molar-refractivity contribution < 1.29 is 36.2 Å². The molecule has 1 aliphatic heterocycles. The first kappa shape index (κ1) is 32.3. The van der Waals surface area contributed by atoms with Gasteiger partial charge in [-0.05, 0) is 61.5 Å². The fourth-order valence-electron chi connectivity index (χ4n) is 4.80. The molecule has 1 amide bonds. The Morgan fingerprint density at radius 1 is 1.05 bits per heavy atom. The number of hydrogen-bond acceptors (Lipinski definition) is 8. The van der Waals surface area contributed by atoms with Gasteiger partial charge in [0.1, 0.15) is 17.6 Å². The van der Waals surface area contributed by atoms with Crippen molar-refractivity contribution >= 4 is 31.6 Å². The van der Waals surface area contributed by atoms with Crippen LogP contribution in [0.2, 0.25) is 0 Å². The average molecular weight is 632 g/mol. The molecule has 4 rings (SSSR count). The van der Waals surface area contributed by atoms with Gasteiger partial charge in [-0.2, -0.15) is 4.31 Å². The fraction of sp³-hybridized carbons (Fsp3) is 0.367. The minimum atomic E-state index is -3.89. The quantitative estimate of drug-likeness (QED) is 0.348. The smallest absolute Gasteiger partial charge is 0.261 e. The SMILES string of the molecule is COc1ccc(S(=O)(=O)N(C)C[C@H]2Oc3ccc(NS(=O)(=O)c4ccccc4)cc3CC(=O)N([C@@H](C)CO)C[C@@H]2C)cc1. The number of ether oxygens (including phenoxy) is 2. The van der Waals surface area contributed by atoms with E-state index in [4.69, 9.17) is 9.47 Å². The van der Waals surface area contributed by atoms with Crippen LogP contribution in [0.3, 0.4) is 0 Å². The van der Waals surface area contributed by atoms with E-state index in [1.807, 2.05) is 6.92 Å². The van der Waals surface area contributed by atoms with Crippen LogP contribution in [0, 0.1) is 5.92 Å². The Kier molecular flexibility index (Phi) is 10.0. The summed E-state index contributed by atoms with van der Waals surface area (Å²) in [6, 6.07) is 18.1. The molecular weight excluding hydrogens is 594 g/mol. The Labute approximate surface area is 253 Å². The number of likely N-dealkylation sites (N-methyl/N-ethyl adjacent to an activating group) is 1. The Bertz CT molecular complexity index is 1630. The van der Waals surface area contributed by atoms with Crippen LogP contribution >= 0.6 is 0 Å². The van der Waals surface area contributed by atoms with Crippen LogP contribution in [-0.2, 0) is 31.3 Å². The number of amides is 1. The van der Waals surface area contributed by atoms with Crippen molar-refractivity contribution in [1.29, 1.82) is 0 Å². The Balaban J connectivity index is 1.67. The van der Waals surface area contributed by atoms with Crippen LogP contribution in [0.15, 0.2) is 82.6 Å². The maximum atomic E-state index is 13.5. The van der Waals surface area contributed by atoms with Gasteiger partial charge in [-0.1, -0.05) is 25.1 Å². The molecule has 0 unspecified atom stereocenters. The highest BCUT2D eigenvalue weighted by Gasteiger charge is 2.33. The van der Waals surface area contributed by atoms with E-state index in [2.05, 4.69) is 4.72 Å². The number of fused-ring (bicyclic) bond motifs is 1. The molecule has 0 saturated carbocycles. The van der Waals surface area contributed by atoms with Crippen molar-refractivity contribution in [1.82, 2.24) is 9.21 Å². The zero-order valence-electron chi connectivity index (χ0n) is 24.5. The zero-order valence-corrected chi connectivity index (χ0v) is 26.1. The van der Waals surface area contributed by atoms with Crippen LogP contribution < -0.4 is 14.2 Å². The third-order valence-corrected chi connectivity index (χ3v) is 10.7. The summed E-state index contributed by atoms with van der Waals surface area (Å²) >= 11 is 0. The molecule has 0 saturated heterocycles. The molecule has 0 fully saturated rings. The first-order valence-corrected chi connectivity index (χ1v) is 16.7. The number of aliphatic hydroxyl groups is 1. The highest BCUT2D eigenvalue weighted by atomic mass is 32.2. The highest BCUT2D eigenvalue weighted by Crippen LogP contribution is 2.31. The van der Waals surface area contributed by atoms with E-state index in [1.54, 1.807) is 54.3 Å². The molecule has 3 atom stereocenters. The van der Waals surface area contributed by atoms with Crippen molar-refractivity contribution in [2.24, 2.45) is 5.92 Å². The summed E-state index contributed by atoms with van der Waals surface area (Å²) in [6.45, 7) is 3.50. The number of rotatable bonds is 10. The molecule has 13 heteroatoms. The molecule has 11 nitrogen and oxygen atoms in total. The predicted octanol–water partition coefficient (Wildman–Crippen LogP) is 2.97. The number of anilines is 1. The summed E-state index contributed by atoms with van der Waals surface area (Å²) in [5.41, 5.74) is 0.664. The van der Waals surface area contributed by atoms with Gasteiger partial charge < -0.3 is 19.5 Å². The maximum absolute atomic E-state index is 13.5. The second-order valence-electron chi connectivity index (χ2n) is 10.6. The number of methoxy groups -OCH3 is 1. The fourth-order valence-corrected chi connectivity index (χ4v) is 7.06. The number of carbonyl (C=O) groups excluding carboxylic acids is 1. The van der Waals surface area contributed by atoms with Gasteiger partial charge in [0.2, 0.25) is 15.9 Å². The monoisotopic (exact) mass is 631 g/mol. The van der Waals surface area contributed by atoms with E-state index in [-0.39, 0.29) is 53.4 Å². The van der Waals surface area contributed by atoms with Gasteiger partial charge >= 0.3 is 0 Å². The van der Waals surface area contributed by atoms with Crippen molar-refractivity contribution in [3.8, 4) is 11.5 Å². The largest absolute Gasteiger partial charge is 0.497 e. The topological polar surface area (TPSA) is 143 Å². The van der Waals surface area contributed by atoms with E-state index in [0.717, 1.165) is 0 Å². The lowest BCUT2D eigenvalue weighted by Gasteiger charge is -2.33. The molecule has 232 valence electrons. The van der Waals surface area contributed by atoms with Crippen LogP contribution in [0.1, 0.15) is 19.4 Å². The highest BCUT2D eigenvalue weighted by molar-refractivity contribution is 7.92. The molecule has 0 aromatic heterocycles. The van der Waals surface area contributed by atoms with Crippen molar-refractivity contribution in [3.63, 3.8) is 0 Å². The molecule has 3 aromatic carbocycles. The molecule has 0 spiro atoms. The van der Waals surface area contributed by atoms with Crippen LogP contribution in [0.25, 0.3) is 0 Å².